The number of esters is 1. The van der Waals surface area contributed by atoms with Crippen molar-refractivity contribution in [1.82, 2.24) is 25.7 Å². The van der Waals surface area contributed by atoms with Gasteiger partial charge in [-0.05, 0) is 5.56 Å². The van der Waals surface area contributed by atoms with E-state index in [2.05, 4.69) is 15.3 Å². The van der Waals surface area contributed by atoms with E-state index in [0.29, 0.717) is 12.2 Å². The zero-order valence-corrected chi connectivity index (χ0v) is 15.4. The van der Waals surface area contributed by atoms with Gasteiger partial charge >= 0.3 is 5.97 Å². The van der Waals surface area contributed by atoms with E-state index in [1.165, 1.54) is 13.4 Å². The van der Waals surface area contributed by atoms with Gasteiger partial charge in [0.05, 0.1) is 32.2 Å². The number of hydrogen-bond donors (Lipinski definition) is 4. The van der Waals surface area contributed by atoms with Gasteiger partial charge in [-0.25, -0.2) is 15.3 Å². The molecule has 0 aliphatic rings. The van der Waals surface area contributed by atoms with Crippen molar-refractivity contribution >= 4 is 17.8 Å². The van der Waals surface area contributed by atoms with Gasteiger partial charge < -0.3 is 15.0 Å². The molecule has 0 radical (unpaired) electrons. The zero-order chi connectivity index (χ0) is 20.4. The van der Waals surface area contributed by atoms with Crippen molar-refractivity contribution in [3.8, 4) is 0 Å². The quantitative estimate of drug-likeness (QED) is 0.247. The van der Waals surface area contributed by atoms with Crippen LogP contribution in [0.1, 0.15) is 11.3 Å². The predicted octanol–water partition coefficient (Wildman–Crippen LogP) is -0.382. The molecule has 4 N–H and O–H groups in total. The summed E-state index contributed by atoms with van der Waals surface area (Å²) >= 11 is 0. The molecule has 0 saturated heterocycles. The van der Waals surface area contributed by atoms with Crippen LogP contribution in [0.4, 0.5) is 0 Å². The van der Waals surface area contributed by atoms with Gasteiger partial charge in [-0.15, -0.1) is 0 Å². The summed E-state index contributed by atoms with van der Waals surface area (Å²) in [5.74, 6) is -1.71. The van der Waals surface area contributed by atoms with E-state index in [-0.39, 0.29) is 19.5 Å². The molecule has 28 heavy (non-hydrogen) atoms. The molecule has 0 bridgehead atoms. The maximum Gasteiger partial charge on any atom is 0.328 e. The molecule has 1 heterocycles. The summed E-state index contributed by atoms with van der Waals surface area (Å²) in [7, 11) is 1.24. The highest BCUT2D eigenvalue weighted by Crippen LogP contribution is 2.05. The molecular weight excluding hydrogens is 366 g/mol. The van der Waals surface area contributed by atoms with Crippen molar-refractivity contribution < 1.29 is 24.3 Å². The van der Waals surface area contributed by atoms with Crippen LogP contribution in [0, 0.1) is 0 Å². The van der Waals surface area contributed by atoms with Crippen molar-refractivity contribution in [2.24, 2.45) is 0 Å². The lowest BCUT2D eigenvalue weighted by Gasteiger charge is -2.22. The molecule has 1 aromatic heterocycles. The number of benzene rings is 1. The number of hydroxylamine groups is 1. The molecule has 0 spiro atoms. The minimum atomic E-state index is -0.911. The van der Waals surface area contributed by atoms with Crippen molar-refractivity contribution in [1.29, 1.82) is 0 Å². The summed E-state index contributed by atoms with van der Waals surface area (Å²) in [5.41, 5.74) is 3.04. The minimum absolute atomic E-state index is 0.156. The number of aromatic amines is 1. The fourth-order valence-corrected chi connectivity index (χ4v) is 2.64. The Bertz CT molecular complexity index is 766. The van der Waals surface area contributed by atoms with Gasteiger partial charge in [0.25, 0.3) is 5.91 Å². The third kappa shape index (κ3) is 6.82. The van der Waals surface area contributed by atoms with E-state index < -0.39 is 23.8 Å². The normalized spacial score (nSPS) is 11.7. The molecule has 10 nitrogen and oxygen atoms in total. The summed E-state index contributed by atoms with van der Waals surface area (Å²) in [5, 5.41) is 11.4. The third-order valence-electron chi connectivity index (χ3n) is 3.90. The number of aromatic nitrogens is 2. The molecule has 0 aliphatic heterocycles. The summed E-state index contributed by atoms with van der Waals surface area (Å²) in [6, 6.07) is 8.35. The molecule has 2 aromatic rings. The minimum Gasteiger partial charge on any atom is -0.467 e. The molecule has 2 amide bonds. The number of carbonyl (C=O) groups excluding carboxylic acids is 3. The molecular formula is C18H23N5O5. The SMILES string of the molecule is COC(=O)[C@H](Cc1c[nH]cn1)NC(=O)CN(CC(=O)NO)Cc1ccccc1. The first kappa shape index (κ1) is 21.1. The van der Waals surface area contributed by atoms with Crippen LogP contribution >= 0.6 is 0 Å². The average molecular weight is 389 g/mol. The third-order valence-corrected chi connectivity index (χ3v) is 3.90. The van der Waals surface area contributed by atoms with Crippen LogP contribution in [-0.4, -0.2) is 64.1 Å². The van der Waals surface area contributed by atoms with E-state index >= 15 is 0 Å². The van der Waals surface area contributed by atoms with Crippen LogP contribution < -0.4 is 10.8 Å². The number of amides is 2. The Morgan fingerprint density at radius 2 is 1.93 bits per heavy atom. The Morgan fingerprint density at radius 1 is 1.21 bits per heavy atom. The van der Waals surface area contributed by atoms with Gasteiger partial charge in [0, 0.05) is 19.2 Å². The fourth-order valence-electron chi connectivity index (χ4n) is 2.64. The van der Waals surface area contributed by atoms with Crippen LogP contribution in [0.25, 0.3) is 0 Å². The summed E-state index contributed by atoms with van der Waals surface area (Å²) in [6.45, 7) is -0.0403. The van der Waals surface area contributed by atoms with Crippen LogP contribution in [0.2, 0.25) is 0 Å². The second-order valence-electron chi connectivity index (χ2n) is 6.07. The van der Waals surface area contributed by atoms with Gasteiger partial charge in [-0.2, -0.15) is 0 Å². The number of imidazole rings is 1. The number of carbonyl (C=O) groups is 3. The summed E-state index contributed by atoms with van der Waals surface area (Å²) < 4.78 is 4.74. The summed E-state index contributed by atoms with van der Waals surface area (Å²) in [6.07, 6.45) is 3.26. The second-order valence-corrected chi connectivity index (χ2v) is 6.07. The van der Waals surface area contributed by atoms with Gasteiger partial charge in [-0.1, -0.05) is 30.3 Å². The van der Waals surface area contributed by atoms with Gasteiger partial charge in [-0.3, -0.25) is 19.7 Å². The lowest BCUT2D eigenvalue weighted by atomic mass is 10.1. The topological polar surface area (TPSA) is 137 Å². The number of hydrogen-bond acceptors (Lipinski definition) is 7. The Labute approximate surface area is 161 Å². The Hall–Kier alpha value is -3.24. The molecule has 1 aromatic carbocycles. The van der Waals surface area contributed by atoms with E-state index in [1.807, 2.05) is 30.3 Å². The lowest BCUT2D eigenvalue weighted by molar-refractivity contribution is -0.145. The van der Waals surface area contributed by atoms with E-state index in [1.54, 1.807) is 16.6 Å². The molecule has 0 saturated carbocycles. The largest absolute Gasteiger partial charge is 0.467 e. The Morgan fingerprint density at radius 3 is 2.54 bits per heavy atom. The van der Waals surface area contributed by atoms with Crippen LogP contribution in [0.5, 0.6) is 0 Å². The molecule has 10 heteroatoms. The highest BCUT2D eigenvalue weighted by molar-refractivity contribution is 5.86. The monoisotopic (exact) mass is 389 g/mol. The average Bonchev–Trinajstić information content (AvgIpc) is 3.20. The number of nitrogens with zero attached hydrogens (tertiary/aromatic N) is 2. The van der Waals surface area contributed by atoms with Gasteiger partial charge in [0.2, 0.25) is 5.91 Å². The van der Waals surface area contributed by atoms with Crippen LogP contribution in [0.3, 0.4) is 0 Å². The molecule has 150 valence electrons. The lowest BCUT2D eigenvalue weighted by Crippen LogP contribution is -2.48. The van der Waals surface area contributed by atoms with Crippen molar-refractivity contribution in [2.75, 3.05) is 20.2 Å². The van der Waals surface area contributed by atoms with Crippen molar-refractivity contribution in [2.45, 2.75) is 19.0 Å². The highest BCUT2D eigenvalue weighted by Gasteiger charge is 2.24. The van der Waals surface area contributed by atoms with Gasteiger partial charge in [0.1, 0.15) is 6.04 Å². The first-order valence-electron chi connectivity index (χ1n) is 8.56. The van der Waals surface area contributed by atoms with Crippen LogP contribution in [-0.2, 0) is 32.1 Å². The van der Waals surface area contributed by atoms with Crippen LogP contribution in [0.15, 0.2) is 42.9 Å². The van der Waals surface area contributed by atoms with E-state index in [4.69, 9.17) is 9.94 Å². The zero-order valence-electron chi connectivity index (χ0n) is 15.4. The Kier molecular flexibility index (Phi) is 8.12. The molecule has 0 fully saturated rings. The standard InChI is InChI=1S/C18H23N5O5/c1-28-18(26)15(7-14-8-19-12-20-14)21-16(24)10-23(11-17(25)22-27)9-13-5-3-2-4-6-13/h2-6,8,12,15,27H,7,9-11H2,1H3,(H,19,20)(H,21,24)(H,22,25)/t15-/m0/s1. The number of rotatable bonds is 10. The maximum absolute atomic E-state index is 12.5. The highest BCUT2D eigenvalue weighted by atomic mass is 16.5. The van der Waals surface area contributed by atoms with E-state index in [0.717, 1.165) is 5.56 Å². The van der Waals surface area contributed by atoms with Crippen molar-refractivity contribution in [3.63, 3.8) is 0 Å². The number of nitrogens with one attached hydrogen (secondary N) is 3. The molecule has 2 rings (SSSR count). The first-order chi connectivity index (χ1) is 13.5. The number of methoxy groups -OCH3 is 1. The molecule has 0 unspecified atom stereocenters. The second kappa shape index (κ2) is 10.8. The summed E-state index contributed by atoms with van der Waals surface area (Å²) in [4.78, 5) is 44.4. The van der Waals surface area contributed by atoms with Crippen molar-refractivity contribution in [3.05, 3.63) is 54.1 Å². The smallest absolute Gasteiger partial charge is 0.328 e. The molecule has 0 aliphatic carbocycles. The number of H-pyrrole nitrogens is 1. The van der Waals surface area contributed by atoms with E-state index in [9.17, 15) is 14.4 Å². The Balaban J connectivity index is 2.02. The van der Waals surface area contributed by atoms with Gasteiger partial charge in [0.15, 0.2) is 0 Å². The fraction of sp³-hybridized carbons (Fsp3) is 0.333. The number of ether oxygens (including phenoxy) is 1. The molecule has 1 atom stereocenters. The first-order valence-corrected chi connectivity index (χ1v) is 8.56. The maximum atomic E-state index is 12.5. The predicted molar refractivity (Wildman–Crippen MR) is 97.9 cm³/mol.